The fourth-order valence-electron chi connectivity index (χ4n) is 2.36. The number of Topliss-reactive ketones (excluding diaryl/α,β-unsaturated/α-hetero) is 1. The molecular formula is C18H14O5. The third-order valence-electron chi connectivity index (χ3n) is 3.51. The zero-order valence-corrected chi connectivity index (χ0v) is 12.7. The average molecular weight is 310 g/mol. The molecule has 1 aliphatic heterocycles. The number of ketones is 1. The van der Waals surface area contributed by atoms with E-state index in [4.69, 9.17) is 9.47 Å². The van der Waals surface area contributed by atoms with E-state index in [0.29, 0.717) is 22.6 Å². The zero-order chi connectivity index (χ0) is 16.4. The summed E-state index contributed by atoms with van der Waals surface area (Å²) < 4.78 is 15.5. The van der Waals surface area contributed by atoms with Crippen LogP contribution in [-0.4, -0.2) is 26.0 Å². The van der Waals surface area contributed by atoms with Crippen LogP contribution in [0.25, 0.3) is 6.08 Å². The van der Waals surface area contributed by atoms with Gasteiger partial charge in [0.15, 0.2) is 5.76 Å². The number of carbonyl (C=O) groups excluding carboxylic acids is 2. The summed E-state index contributed by atoms with van der Waals surface area (Å²) in [4.78, 5) is 24.0. The van der Waals surface area contributed by atoms with Crippen molar-refractivity contribution in [1.29, 1.82) is 0 Å². The largest absolute Gasteiger partial charge is 0.496 e. The summed E-state index contributed by atoms with van der Waals surface area (Å²) >= 11 is 0. The summed E-state index contributed by atoms with van der Waals surface area (Å²) in [6.45, 7) is 0. The van der Waals surface area contributed by atoms with Crippen molar-refractivity contribution in [2.45, 2.75) is 0 Å². The molecule has 0 atom stereocenters. The molecule has 0 spiro atoms. The highest BCUT2D eigenvalue weighted by Crippen LogP contribution is 2.33. The normalized spacial score (nSPS) is 14.3. The Morgan fingerprint density at radius 2 is 1.91 bits per heavy atom. The highest BCUT2D eigenvalue weighted by Gasteiger charge is 2.28. The molecule has 23 heavy (non-hydrogen) atoms. The summed E-state index contributed by atoms with van der Waals surface area (Å²) in [6.07, 6.45) is 1.62. The number of para-hydroxylation sites is 1. The van der Waals surface area contributed by atoms with E-state index in [-0.39, 0.29) is 11.5 Å². The van der Waals surface area contributed by atoms with Gasteiger partial charge in [-0.3, -0.25) is 4.79 Å². The minimum Gasteiger partial charge on any atom is -0.496 e. The van der Waals surface area contributed by atoms with Crippen LogP contribution in [-0.2, 0) is 4.74 Å². The topological polar surface area (TPSA) is 61.8 Å². The summed E-state index contributed by atoms with van der Waals surface area (Å²) in [5.41, 5.74) is 1.38. The SMILES string of the molecule is COC(=O)c1ccc2c(c1)C(=O)/C(=C\c1ccccc1OC)O2. The lowest BCUT2D eigenvalue weighted by atomic mass is 10.1. The molecule has 0 aliphatic carbocycles. The molecule has 116 valence electrons. The molecular weight excluding hydrogens is 296 g/mol. The number of hydrogen-bond acceptors (Lipinski definition) is 5. The molecule has 2 aromatic carbocycles. The minimum atomic E-state index is -0.497. The lowest BCUT2D eigenvalue weighted by molar-refractivity contribution is 0.0600. The third-order valence-corrected chi connectivity index (χ3v) is 3.51. The number of benzene rings is 2. The number of rotatable bonds is 3. The fraction of sp³-hybridized carbons (Fsp3) is 0.111. The lowest BCUT2D eigenvalue weighted by Gasteiger charge is -2.04. The second kappa shape index (κ2) is 5.96. The predicted octanol–water partition coefficient (Wildman–Crippen LogP) is 3.10. The molecule has 2 aromatic rings. The molecule has 3 rings (SSSR count). The molecule has 0 unspecified atom stereocenters. The third kappa shape index (κ3) is 2.68. The number of ether oxygens (including phenoxy) is 3. The van der Waals surface area contributed by atoms with Crippen LogP contribution >= 0.6 is 0 Å². The Balaban J connectivity index is 1.98. The van der Waals surface area contributed by atoms with Gasteiger partial charge in [-0.25, -0.2) is 4.79 Å². The lowest BCUT2D eigenvalue weighted by Crippen LogP contribution is -2.03. The van der Waals surface area contributed by atoms with Gasteiger partial charge < -0.3 is 14.2 Å². The van der Waals surface area contributed by atoms with Gasteiger partial charge in [-0.15, -0.1) is 0 Å². The van der Waals surface area contributed by atoms with Gasteiger partial charge in [0.25, 0.3) is 0 Å². The van der Waals surface area contributed by atoms with Crippen LogP contribution in [0.4, 0.5) is 0 Å². The van der Waals surface area contributed by atoms with Gasteiger partial charge >= 0.3 is 5.97 Å². The maximum absolute atomic E-state index is 12.5. The van der Waals surface area contributed by atoms with Crippen molar-refractivity contribution < 1.29 is 23.8 Å². The highest BCUT2D eigenvalue weighted by molar-refractivity contribution is 6.15. The Morgan fingerprint density at radius 1 is 1.13 bits per heavy atom. The van der Waals surface area contributed by atoms with Crippen LogP contribution in [0.3, 0.4) is 0 Å². The molecule has 5 nitrogen and oxygen atoms in total. The Bertz CT molecular complexity index is 820. The minimum absolute atomic E-state index is 0.187. The summed E-state index contributed by atoms with van der Waals surface area (Å²) in [6, 6.07) is 11.9. The maximum Gasteiger partial charge on any atom is 0.337 e. The van der Waals surface area contributed by atoms with E-state index in [2.05, 4.69) is 4.74 Å². The van der Waals surface area contributed by atoms with Crippen molar-refractivity contribution in [3.05, 3.63) is 64.9 Å². The second-order valence-electron chi connectivity index (χ2n) is 4.88. The number of carbonyl (C=O) groups is 2. The number of fused-ring (bicyclic) bond motifs is 1. The first-order chi connectivity index (χ1) is 11.1. The quantitative estimate of drug-likeness (QED) is 0.644. The summed E-state index contributed by atoms with van der Waals surface area (Å²) in [7, 11) is 2.85. The van der Waals surface area contributed by atoms with E-state index < -0.39 is 5.97 Å². The van der Waals surface area contributed by atoms with Gasteiger partial charge in [0.2, 0.25) is 5.78 Å². The zero-order valence-electron chi connectivity index (χ0n) is 12.7. The Kier molecular flexibility index (Phi) is 3.85. The van der Waals surface area contributed by atoms with Crippen molar-refractivity contribution >= 4 is 17.8 Å². The molecule has 1 aliphatic rings. The van der Waals surface area contributed by atoms with Gasteiger partial charge in [-0.2, -0.15) is 0 Å². The van der Waals surface area contributed by atoms with Gasteiger partial charge in [0.05, 0.1) is 25.3 Å². The van der Waals surface area contributed by atoms with Crippen molar-refractivity contribution in [1.82, 2.24) is 0 Å². The summed E-state index contributed by atoms with van der Waals surface area (Å²) in [5, 5.41) is 0. The smallest absolute Gasteiger partial charge is 0.337 e. The van der Waals surface area contributed by atoms with Crippen molar-refractivity contribution in [3.8, 4) is 11.5 Å². The number of hydrogen-bond donors (Lipinski definition) is 0. The summed E-state index contributed by atoms with van der Waals surface area (Å²) in [5.74, 6) is 0.470. The molecule has 5 heteroatoms. The monoisotopic (exact) mass is 310 g/mol. The van der Waals surface area contributed by atoms with E-state index in [1.165, 1.54) is 13.2 Å². The molecule has 0 bridgehead atoms. The fourth-order valence-corrected chi connectivity index (χ4v) is 2.36. The van der Waals surface area contributed by atoms with Crippen LogP contribution in [0.1, 0.15) is 26.3 Å². The molecule has 0 saturated carbocycles. The van der Waals surface area contributed by atoms with Crippen molar-refractivity contribution in [2.75, 3.05) is 14.2 Å². The molecule has 0 saturated heterocycles. The molecule has 0 amide bonds. The molecule has 0 aromatic heterocycles. The maximum atomic E-state index is 12.5. The molecule has 0 N–H and O–H groups in total. The first-order valence-electron chi connectivity index (χ1n) is 6.93. The second-order valence-corrected chi connectivity index (χ2v) is 4.88. The molecule has 1 heterocycles. The standard InChI is InChI=1S/C18H14O5/c1-21-14-6-4-3-5-11(14)10-16-17(19)13-9-12(18(20)22-2)7-8-15(13)23-16/h3-10H,1-2H3/b16-10+. The predicted molar refractivity (Wildman–Crippen MR) is 83.7 cm³/mol. The van der Waals surface area contributed by atoms with Crippen molar-refractivity contribution in [2.24, 2.45) is 0 Å². The number of esters is 1. The van der Waals surface area contributed by atoms with Crippen LogP contribution in [0.5, 0.6) is 11.5 Å². The Morgan fingerprint density at radius 3 is 2.65 bits per heavy atom. The van der Waals surface area contributed by atoms with E-state index in [0.717, 1.165) is 5.56 Å². The van der Waals surface area contributed by atoms with E-state index in [9.17, 15) is 9.59 Å². The highest BCUT2D eigenvalue weighted by atomic mass is 16.5. The van der Waals surface area contributed by atoms with E-state index in [1.54, 1.807) is 31.4 Å². The first kappa shape index (κ1) is 14.8. The van der Waals surface area contributed by atoms with Crippen LogP contribution < -0.4 is 9.47 Å². The van der Waals surface area contributed by atoms with Gasteiger partial charge in [-0.05, 0) is 30.3 Å². The Labute approximate surface area is 133 Å². The van der Waals surface area contributed by atoms with Gasteiger partial charge in [0, 0.05) is 5.56 Å². The van der Waals surface area contributed by atoms with Gasteiger partial charge in [-0.1, -0.05) is 18.2 Å². The van der Waals surface area contributed by atoms with Crippen LogP contribution in [0.2, 0.25) is 0 Å². The first-order valence-corrected chi connectivity index (χ1v) is 6.93. The van der Waals surface area contributed by atoms with E-state index >= 15 is 0 Å². The van der Waals surface area contributed by atoms with Crippen molar-refractivity contribution in [3.63, 3.8) is 0 Å². The molecule has 0 fully saturated rings. The number of allylic oxidation sites excluding steroid dienone is 1. The number of methoxy groups -OCH3 is 2. The Hall–Kier alpha value is -3.08. The molecule has 0 radical (unpaired) electrons. The van der Waals surface area contributed by atoms with E-state index in [1.807, 2.05) is 18.2 Å². The average Bonchev–Trinajstić information content (AvgIpc) is 2.90. The van der Waals surface area contributed by atoms with Crippen LogP contribution in [0, 0.1) is 0 Å². The van der Waals surface area contributed by atoms with Crippen LogP contribution in [0.15, 0.2) is 48.2 Å². The van der Waals surface area contributed by atoms with Gasteiger partial charge in [0.1, 0.15) is 11.5 Å².